The van der Waals surface area contributed by atoms with E-state index in [1.54, 1.807) is 6.07 Å². The number of nitrogens with zero attached hydrogens (tertiary/aromatic N) is 1. The number of ether oxygens (including phenoxy) is 1. The highest BCUT2D eigenvalue weighted by molar-refractivity contribution is 5.86. The van der Waals surface area contributed by atoms with Crippen molar-refractivity contribution in [3.63, 3.8) is 0 Å². The summed E-state index contributed by atoms with van der Waals surface area (Å²) < 4.78 is 11.1. The molecular formula is C24H29ClN2O4. The van der Waals surface area contributed by atoms with Crippen molar-refractivity contribution in [1.29, 1.82) is 0 Å². The number of aryl methyl sites for hydroxylation is 1. The van der Waals surface area contributed by atoms with Crippen LogP contribution in [0.2, 0.25) is 0 Å². The predicted octanol–water partition coefficient (Wildman–Crippen LogP) is 3.24. The maximum atomic E-state index is 12.8. The molecule has 1 aliphatic heterocycles. The lowest BCUT2D eigenvalue weighted by molar-refractivity contribution is 0.0384. The van der Waals surface area contributed by atoms with E-state index in [9.17, 15) is 9.90 Å². The molecule has 7 heteroatoms. The summed E-state index contributed by atoms with van der Waals surface area (Å²) in [6, 6.07) is 13.4. The van der Waals surface area contributed by atoms with Crippen LogP contribution in [0.1, 0.15) is 22.3 Å². The van der Waals surface area contributed by atoms with Gasteiger partial charge < -0.3 is 19.6 Å². The quantitative estimate of drug-likeness (QED) is 0.430. The fraction of sp³-hybridized carbons (Fsp3) is 0.375. The summed E-state index contributed by atoms with van der Waals surface area (Å²) in [4.78, 5) is 15.1. The van der Waals surface area contributed by atoms with Crippen molar-refractivity contribution in [2.24, 2.45) is 0 Å². The smallest absolute Gasteiger partial charge is 0.340 e. The van der Waals surface area contributed by atoms with E-state index in [0.717, 1.165) is 55.9 Å². The summed E-state index contributed by atoms with van der Waals surface area (Å²) >= 11 is 0. The fourth-order valence-electron chi connectivity index (χ4n) is 3.95. The van der Waals surface area contributed by atoms with Gasteiger partial charge >= 0.3 is 5.63 Å². The Morgan fingerprint density at radius 1 is 1.06 bits per heavy atom. The lowest BCUT2D eigenvalue weighted by Gasteiger charge is -2.26. The summed E-state index contributed by atoms with van der Waals surface area (Å²) in [6.45, 7) is 7.53. The van der Waals surface area contributed by atoms with Crippen LogP contribution in [-0.4, -0.2) is 49.4 Å². The molecule has 0 bridgehead atoms. The van der Waals surface area contributed by atoms with E-state index in [0.29, 0.717) is 29.7 Å². The predicted molar refractivity (Wildman–Crippen MR) is 124 cm³/mol. The molecular weight excluding hydrogens is 416 g/mol. The average molecular weight is 445 g/mol. The maximum Gasteiger partial charge on any atom is 0.340 e. The lowest BCUT2D eigenvalue weighted by atomic mass is 9.98. The van der Waals surface area contributed by atoms with Crippen LogP contribution in [0.15, 0.2) is 51.7 Å². The van der Waals surface area contributed by atoms with Crippen molar-refractivity contribution in [2.75, 3.05) is 39.4 Å². The third kappa shape index (κ3) is 5.46. The van der Waals surface area contributed by atoms with Gasteiger partial charge in [0.2, 0.25) is 0 Å². The van der Waals surface area contributed by atoms with Gasteiger partial charge in [0.1, 0.15) is 11.3 Å². The highest BCUT2D eigenvalue weighted by Crippen LogP contribution is 2.29. The van der Waals surface area contributed by atoms with Crippen LogP contribution in [-0.2, 0) is 17.7 Å². The third-order valence-electron chi connectivity index (χ3n) is 5.77. The molecule has 0 amide bonds. The number of benzene rings is 2. The number of aromatic hydroxyl groups is 1. The van der Waals surface area contributed by atoms with Crippen molar-refractivity contribution in [3.8, 4) is 5.75 Å². The summed E-state index contributed by atoms with van der Waals surface area (Å²) in [7, 11) is 0. The van der Waals surface area contributed by atoms with Gasteiger partial charge in [0, 0.05) is 50.1 Å². The van der Waals surface area contributed by atoms with E-state index in [1.165, 1.54) is 0 Å². The lowest BCUT2D eigenvalue weighted by Crippen LogP contribution is -2.40. The van der Waals surface area contributed by atoms with Crippen LogP contribution < -0.4 is 10.9 Å². The molecule has 0 radical (unpaired) electrons. The third-order valence-corrected chi connectivity index (χ3v) is 5.77. The van der Waals surface area contributed by atoms with Crippen LogP contribution in [0.5, 0.6) is 5.75 Å². The molecule has 6 nitrogen and oxygen atoms in total. The van der Waals surface area contributed by atoms with Crippen LogP contribution >= 0.6 is 12.4 Å². The fourth-order valence-corrected chi connectivity index (χ4v) is 3.95. The van der Waals surface area contributed by atoms with Crippen molar-refractivity contribution in [2.45, 2.75) is 19.9 Å². The minimum atomic E-state index is -0.344. The summed E-state index contributed by atoms with van der Waals surface area (Å²) in [5.41, 5.74) is 3.37. The van der Waals surface area contributed by atoms with Gasteiger partial charge in [0.05, 0.1) is 18.8 Å². The van der Waals surface area contributed by atoms with E-state index >= 15 is 0 Å². The molecule has 0 atom stereocenters. The summed E-state index contributed by atoms with van der Waals surface area (Å²) in [6.07, 6.45) is 0.527. The Hall–Kier alpha value is -2.38. The molecule has 0 spiro atoms. The van der Waals surface area contributed by atoms with Crippen LogP contribution in [0.4, 0.5) is 0 Å². The first kappa shape index (κ1) is 23.3. The zero-order valence-corrected chi connectivity index (χ0v) is 18.5. The minimum absolute atomic E-state index is 0. The molecule has 4 rings (SSSR count). The molecule has 0 unspecified atom stereocenters. The van der Waals surface area contributed by atoms with Gasteiger partial charge in [-0.2, -0.15) is 0 Å². The van der Waals surface area contributed by atoms with Gasteiger partial charge in [-0.05, 0) is 30.2 Å². The number of hydrogen-bond donors (Lipinski definition) is 2. The number of nitrogens with one attached hydrogen (secondary N) is 1. The highest BCUT2D eigenvalue weighted by Gasteiger charge is 2.17. The van der Waals surface area contributed by atoms with Gasteiger partial charge in [-0.15, -0.1) is 12.4 Å². The number of halogens is 1. The van der Waals surface area contributed by atoms with Crippen LogP contribution in [0, 0.1) is 6.92 Å². The molecule has 1 aliphatic rings. The molecule has 3 aromatic rings. The average Bonchev–Trinajstić information content (AvgIpc) is 2.77. The number of fused-ring (bicyclic) bond motifs is 1. The first-order chi connectivity index (χ1) is 14.6. The largest absolute Gasteiger partial charge is 0.507 e. The van der Waals surface area contributed by atoms with Gasteiger partial charge in [-0.3, -0.25) is 4.90 Å². The first-order valence-electron chi connectivity index (χ1n) is 10.5. The molecule has 166 valence electrons. The molecule has 2 aromatic carbocycles. The summed E-state index contributed by atoms with van der Waals surface area (Å²) in [5, 5.41) is 14.6. The topological polar surface area (TPSA) is 74.9 Å². The number of phenols is 1. The van der Waals surface area contributed by atoms with Crippen molar-refractivity contribution in [1.82, 2.24) is 10.2 Å². The second-order valence-corrected chi connectivity index (χ2v) is 7.73. The molecule has 2 N–H and O–H groups in total. The van der Waals surface area contributed by atoms with E-state index in [1.807, 2.05) is 43.3 Å². The van der Waals surface area contributed by atoms with Crippen LogP contribution in [0.3, 0.4) is 0 Å². The molecule has 1 fully saturated rings. The monoisotopic (exact) mass is 444 g/mol. The number of rotatable bonds is 7. The molecule has 1 saturated heterocycles. The van der Waals surface area contributed by atoms with Gasteiger partial charge in [-0.25, -0.2) is 4.79 Å². The van der Waals surface area contributed by atoms with Crippen molar-refractivity contribution in [3.05, 3.63) is 75.1 Å². The SMILES string of the molecule is Cc1c(Cc2ccccc2)c(=O)oc2c(CNCCN3CCOCC3)c(O)ccc12.Cl. The number of hydrogen-bond acceptors (Lipinski definition) is 6. The summed E-state index contributed by atoms with van der Waals surface area (Å²) in [5.74, 6) is 0.139. The standard InChI is InChI=1S/C24H28N2O4.ClH/c1-17-19-7-8-22(27)21(16-25-9-10-26-11-13-29-14-12-26)23(19)30-24(28)20(17)15-18-5-3-2-4-6-18;/h2-8,25,27H,9-16H2,1H3;1H. The molecule has 1 aromatic heterocycles. The Labute approximate surface area is 188 Å². The first-order valence-corrected chi connectivity index (χ1v) is 10.5. The number of morpholine rings is 1. The van der Waals surface area contributed by atoms with Gasteiger partial charge in [0.15, 0.2) is 0 Å². The molecule has 0 aliphatic carbocycles. The van der Waals surface area contributed by atoms with Crippen LogP contribution in [0.25, 0.3) is 11.0 Å². The zero-order valence-electron chi connectivity index (χ0n) is 17.7. The highest BCUT2D eigenvalue weighted by atomic mass is 35.5. The Balaban J connectivity index is 0.00000272. The molecule has 0 saturated carbocycles. The Bertz CT molecular complexity index is 1060. The zero-order chi connectivity index (χ0) is 20.9. The van der Waals surface area contributed by atoms with Gasteiger partial charge in [0.25, 0.3) is 0 Å². The van der Waals surface area contributed by atoms with E-state index in [2.05, 4.69) is 10.2 Å². The Morgan fingerprint density at radius 2 is 1.81 bits per heavy atom. The molecule has 31 heavy (non-hydrogen) atoms. The second-order valence-electron chi connectivity index (χ2n) is 7.73. The molecule has 2 heterocycles. The van der Waals surface area contributed by atoms with Crippen molar-refractivity contribution >= 4 is 23.4 Å². The minimum Gasteiger partial charge on any atom is -0.507 e. The number of phenolic OH excluding ortho intramolecular Hbond substituents is 1. The maximum absolute atomic E-state index is 12.8. The van der Waals surface area contributed by atoms with Crippen molar-refractivity contribution < 1.29 is 14.3 Å². The van der Waals surface area contributed by atoms with E-state index in [-0.39, 0.29) is 23.8 Å². The van der Waals surface area contributed by atoms with E-state index < -0.39 is 0 Å². The Morgan fingerprint density at radius 3 is 2.55 bits per heavy atom. The Kier molecular flexibility index (Phi) is 8.09. The second kappa shape index (κ2) is 10.8. The normalized spacial score (nSPS) is 14.5. The van der Waals surface area contributed by atoms with E-state index in [4.69, 9.17) is 9.15 Å². The van der Waals surface area contributed by atoms with Gasteiger partial charge in [-0.1, -0.05) is 30.3 Å².